The van der Waals surface area contributed by atoms with Crippen molar-refractivity contribution in [1.29, 1.82) is 0 Å². The summed E-state index contributed by atoms with van der Waals surface area (Å²) in [7, 11) is 1.43. The highest BCUT2D eigenvalue weighted by molar-refractivity contribution is 9.10. The Morgan fingerprint density at radius 2 is 2.00 bits per heavy atom. The number of benzene rings is 1. The van der Waals surface area contributed by atoms with Crippen LogP contribution in [-0.2, 0) is 16.1 Å². The number of methoxy groups -OCH3 is 1. The van der Waals surface area contributed by atoms with Crippen LogP contribution in [0.3, 0.4) is 0 Å². The second-order valence-corrected chi connectivity index (χ2v) is 5.29. The van der Waals surface area contributed by atoms with Crippen molar-refractivity contribution in [2.75, 3.05) is 20.2 Å². The molecule has 0 heterocycles. The zero-order valence-electron chi connectivity index (χ0n) is 11.1. The van der Waals surface area contributed by atoms with Gasteiger partial charge in [0.1, 0.15) is 0 Å². The maximum absolute atomic E-state index is 11.4. The van der Waals surface area contributed by atoms with Crippen molar-refractivity contribution in [3.63, 3.8) is 0 Å². The van der Waals surface area contributed by atoms with Crippen molar-refractivity contribution < 1.29 is 9.53 Å². The summed E-state index contributed by atoms with van der Waals surface area (Å²) >= 11 is 3.42. The molecule has 0 radical (unpaired) electrons. The minimum Gasteiger partial charge on any atom is -0.469 e. The number of hydrogen-bond donors (Lipinski definition) is 0. The van der Waals surface area contributed by atoms with E-state index < -0.39 is 0 Å². The molecule has 4 heteroatoms. The van der Waals surface area contributed by atoms with E-state index in [1.54, 1.807) is 0 Å². The van der Waals surface area contributed by atoms with Crippen LogP contribution in [0.1, 0.15) is 19.4 Å². The van der Waals surface area contributed by atoms with E-state index in [9.17, 15) is 4.79 Å². The molecule has 1 aromatic rings. The van der Waals surface area contributed by atoms with Crippen LogP contribution >= 0.6 is 15.9 Å². The number of ether oxygens (including phenoxy) is 1. The van der Waals surface area contributed by atoms with Gasteiger partial charge in [-0.25, -0.2) is 0 Å². The van der Waals surface area contributed by atoms with Gasteiger partial charge in [-0.3, -0.25) is 9.69 Å². The van der Waals surface area contributed by atoms with Crippen molar-refractivity contribution in [3.8, 4) is 0 Å². The average Bonchev–Trinajstić information content (AvgIpc) is 2.39. The second kappa shape index (κ2) is 7.54. The Labute approximate surface area is 117 Å². The highest BCUT2D eigenvalue weighted by Crippen LogP contribution is 2.13. The normalized spacial score (nSPS) is 12.5. The molecule has 0 N–H and O–H groups in total. The Kier molecular flexibility index (Phi) is 6.36. The van der Waals surface area contributed by atoms with Crippen LogP contribution in [0.25, 0.3) is 0 Å². The molecule has 18 heavy (non-hydrogen) atoms. The van der Waals surface area contributed by atoms with Gasteiger partial charge in [0, 0.05) is 17.6 Å². The van der Waals surface area contributed by atoms with Crippen LogP contribution in [-0.4, -0.2) is 31.1 Å². The van der Waals surface area contributed by atoms with Gasteiger partial charge in [-0.2, -0.15) is 0 Å². The standard InChI is InChI=1S/C14H20BrNO2/c1-4-16(9-11(2)14(17)18-3)10-12-5-7-13(15)8-6-12/h5-8,11H,4,9-10H2,1-3H3. The number of carbonyl (C=O) groups is 1. The smallest absolute Gasteiger partial charge is 0.309 e. The van der Waals surface area contributed by atoms with Gasteiger partial charge in [0.25, 0.3) is 0 Å². The molecule has 0 aliphatic heterocycles. The van der Waals surface area contributed by atoms with Gasteiger partial charge >= 0.3 is 5.97 Å². The quantitative estimate of drug-likeness (QED) is 0.756. The summed E-state index contributed by atoms with van der Waals surface area (Å²) in [5.74, 6) is -0.241. The van der Waals surface area contributed by atoms with Gasteiger partial charge in [-0.1, -0.05) is 41.9 Å². The predicted molar refractivity (Wildman–Crippen MR) is 76.3 cm³/mol. The summed E-state index contributed by atoms with van der Waals surface area (Å²) in [4.78, 5) is 13.6. The number of hydrogen-bond acceptors (Lipinski definition) is 3. The summed E-state index contributed by atoms with van der Waals surface area (Å²) in [5.41, 5.74) is 1.25. The van der Waals surface area contributed by atoms with Crippen LogP contribution in [0.15, 0.2) is 28.7 Å². The molecule has 0 amide bonds. The van der Waals surface area contributed by atoms with E-state index in [0.717, 1.165) is 24.1 Å². The molecular formula is C14H20BrNO2. The number of halogens is 1. The van der Waals surface area contributed by atoms with E-state index in [2.05, 4.69) is 39.9 Å². The molecule has 0 saturated heterocycles. The first kappa shape index (κ1) is 15.2. The van der Waals surface area contributed by atoms with Gasteiger partial charge in [0.05, 0.1) is 13.0 Å². The third-order valence-electron chi connectivity index (χ3n) is 2.90. The second-order valence-electron chi connectivity index (χ2n) is 4.38. The third kappa shape index (κ3) is 4.78. The van der Waals surface area contributed by atoms with E-state index in [0.29, 0.717) is 0 Å². The summed E-state index contributed by atoms with van der Waals surface area (Å²) in [6.45, 7) is 6.49. The molecule has 1 aromatic carbocycles. The van der Waals surface area contributed by atoms with E-state index in [1.807, 2.05) is 19.1 Å². The van der Waals surface area contributed by atoms with Gasteiger partial charge in [0.2, 0.25) is 0 Å². The molecule has 0 aliphatic carbocycles. The van der Waals surface area contributed by atoms with Crippen LogP contribution in [0.2, 0.25) is 0 Å². The molecule has 0 saturated carbocycles. The van der Waals surface area contributed by atoms with Gasteiger partial charge < -0.3 is 4.74 Å². The fourth-order valence-corrected chi connectivity index (χ4v) is 2.08. The van der Waals surface area contributed by atoms with E-state index >= 15 is 0 Å². The minimum atomic E-state index is -0.149. The van der Waals surface area contributed by atoms with Crippen molar-refractivity contribution >= 4 is 21.9 Å². The van der Waals surface area contributed by atoms with Crippen molar-refractivity contribution in [1.82, 2.24) is 4.90 Å². The maximum Gasteiger partial charge on any atom is 0.309 e. The summed E-state index contributed by atoms with van der Waals surface area (Å²) in [6.07, 6.45) is 0. The fraction of sp³-hybridized carbons (Fsp3) is 0.500. The van der Waals surface area contributed by atoms with Crippen LogP contribution in [0.4, 0.5) is 0 Å². The van der Waals surface area contributed by atoms with Crippen LogP contribution in [0, 0.1) is 5.92 Å². The minimum absolute atomic E-state index is 0.0922. The lowest BCUT2D eigenvalue weighted by Gasteiger charge is -2.23. The molecule has 0 spiro atoms. The summed E-state index contributed by atoms with van der Waals surface area (Å²) in [6, 6.07) is 8.25. The first-order valence-electron chi connectivity index (χ1n) is 6.11. The van der Waals surface area contributed by atoms with Crippen molar-refractivity contribution in [2.24, 2.45) is 5.92 Å². The number of nitrogens with zero attached hydrogens (tertiary/aromatic N) is 1. The lowest BCUT2D eigenvalue weighted by molar-refractivity contribution is -0.145. The zero-order valence-corrected chi connectivity index (χ0v) is 12.7. The van der Waals surface area contributed by atoms with Gasteiger partial charge in [-0.05, 0) is 24.2 Å². The maximum atomic E-state index is 11.4. The van der Waals surface area contributed by atoms with Gasteiger partial charge in [-0.15, -0.1) is 0 Å². The van der Waals surface area contributed by atoms with Crippen molar-refractivity contribution in [3.05, 3.63) is 34.3 Å². The molecule has 0 aromatic heterocycles. The first-order chi connectivity index (χ1) is 8.56. The Balaban J connectivity index is 2.56. The highest BCUT2D eigenvalue weighted by atomic mass is 79.9. The molecule has 1 rings (SSSR count). The summed E-state index contributed by atoms with van der Waals surface area (Å²) < 4.78 is 5.83. The third-order valence-corrected chi connectivity index (χ3v) is 3.43. The predicted octanol–water partition coefficient (Wildman–Crippen LogP) is 3.08. The van der Waals surface area contributed by atoms with Gasteiger partial charge in [0.15, 0.2) is 0 Å². The Bertz CT molecular complexity index is 378. The topological polar surface area (TPSA) is 29.5 Å². The molecule has 0 aliphatic rings. The summed E-state index contributed by atoms with van der Waals surface area (Å²) in [5, 5.41) is 0. The van der Waals surface area contributed by atoms with E-state index in [1.165, 1.54) is 12.7 Å². The number of carbonyl (C=O) groups excluding carboxylic acids is 1. The SMILES string of the molecule is CCN(Cc1ccc(Br)cc1)CC(C)C(=O)OC. The Hall–Kier alpha value is -0.870. The van der Waals surface area contributed by atoms with E-state index in [4.69, 9.17) is 4.74 Å². The lowest BCUT2D eigenvalue weighted by atomic mass is 10.1. The van der Waals surface area contributed by atoms with Crippen LogP contribution < -0.4 is 0 Å². The number of rotatable bonds is 6. The fourth-order valence-electron chi connectivity index (χ4n) is 1.82. The molecule has 0 bridgehead atoms. The molecule has 3 nitrogen and oxygen atoms in total. The molecular weight excluding hydrogens is 294 g/mol. The number of esters is 1. The van der Waals surface area contributed by atoms with Crippen molar-refractivity contribution in [2.45, 2.75) is 20.4 Å². The largest absolute Gasteiger partial charge is 0.469 e. The molecule has 1 unspecified atom stereocenters. The molecule has 0 fully saturated rings. The Morgan fingerprint density at radius 1 is 1.39 bits per heavy atom. The zero-order chi connectivity index (χ0) is 13.5. The molecule has 1 atom stereocenters. The van der Waals surface area contributed by atoms with Crippen LogP contribution in [0.5, 0.6) is 0 Å². The molecule has 100 valence electrons. The van der Waals surface area contributed by atoms with E-state index in [-0.39, 0.29) is 11.9 Å². The lowest BCUT2D eigenvalue weighted by Crippen LogP contribution is -2.31. The Morgan fingerprint density at radius 3 is 2.50 bits per heavy atom. The monoisotopic (exact) mass is 313 g/mol. The first-order valence-corrected chi connectivity index (χ1v) is 6.90. The highest BCUT2D eigenvalue weighted by Gasteiger charge is 2.16. The average molecular weight is 314 g/mol.